The van der Waals surface area contributed by atoms with E-state index in [1.807, 2.05) is 4.90 Å². The molecule has 1 saturated carbocycles. The topological polar surface area (TPSA) is 49.8 Å². The number of amides is 1. The fraction of sp³-hybridized carbons (Fsp3) is 0.588. The summed E-state index contributed by atoms with van der Waals surface area (Å²) in [4.78, 5) is 14.7. The Balaban J connectivity index is 1.84. The van der Waals surface area contributed by atoms with Gasteiger partial charge < -0.3 is 14.7 Å². The van der Waals surface area contributed by atoms with Gasteiger partial charge in [0.05, 0.1) is 18.8 Å². The summed E-state index contributed by atoms with van der Waals surface area (Å²) in [5.41, 5.74) is 0.388. The molecule has 0 unspecified atom stereocenters. The van der Waals surface area contributed by atoms with Gasteiger partial charge in [0.1, 0.15) is 5.75 Å². The van der Waals surface area contributed by atoms with E-state index in [1.165, 1.54) is 0 Å². The number of ether oxygens (including phenoxy) is 1. The van der Waals surface area contributed by atoms with Crippen molar-refractivity contribution in [1.82, 2.24) is 4.90 Å². The molecule has 1 aliphatic heterocycles. The fourth-order valence-corrected chi connectivity index (χ4v) is 4.12. The predicted octanol–water partition coefficient (Wildman–Crippen LogP) is 3.12. The molecule has 0 bridgehead atoms. The van der Waals surface area contributed by atoms with Crippen LogP contribution in [0, 0.1) is 5.41 Å². The maximum Gasteiger partial charge on any atom is 0.257 e. The van der Waals surface area contributed by atoms with Gasteiger partial charge in [-0.05, 0) is 43.9 Å². The van der Waals surface area contributed by atoms with Crippen molar-refractivity contribution in [3.05, 3.63) is 28.8 Å². The molecule has 22 heavy (non-hydrogen) atoms. The normalized spacial score (nSPS) is 28.1. The molecule has 2 aliphatic rings. The Morgan fingerprint density at radius 2 is 2.18 bits per heavy atom. The number of aliphatic hydroxyl groups excluding tert-OH is 1. The van der Waals surface area contributed by atoms with E-state index in [0.29, 0.717) is 22.9 Å². The molecule has 1 amide bonds. The first-order valence-electron chi connectivity index (χ1n) is 7.87. The lowest BCUT2D eigenvalue weighted by Gasteiger charge is -2.42. The van der Waals surface area contributed by atoms with E-state index in [-0.39, 0.29) is 17.4 Å². The summed E-state index contributed by atoms with van der Waals surface area (Å²) in [6.07, 6.45) is 4.55. The molecule has 120 valence electrons. The standard InChI is InChI=1S/C17H22ClNO3/c1-22-14-6-5-12(18)10-13(14)16(21)19-9-3-8-17(11-19)7-2-4-15(17)20/h5-6,10,15,20H,2-4,7-9,11H2,1H3/t15-,17-/m1/s1. The molecule has 1 aromatic carbocycles. The van der Waals surface area contributed by atoms with Crippen molar-refractivity contribution >= 4 is 17.5 Å². The van der Waals surface area contributed by atoms with Crippen molar-refractivity contribution in [2.75, 3.05) is 20.2 Å². The highest BCUT2D eigenvalue weighted by molar-refractivity contribution is 6.31. The number of halogens is 1. The van der Waals surface area contributed by atoms with Crippen LogP contribution in [-0.4, -0.2) is 42.2 Å². The third-order valence-electron chi connectivity index (χ3n) is 5.15. The van der Waals surface area contributed by atoms with Crippen LogP contribution in [0.25, 0.3) is 0 Å². The smallest absolute Gasteiger partial charge is 0.257 e. The Morgan fingerprint density at radius 3 is 2.86 bits per heavy atom. The van der Waals surface area contributed by atoms with Gasteiger partial charge in [-0.3, -0.25) is 4.79 Å². The van der Waals surface area contributed by atoms with E-state index in [9.17, 15) is 9.90 Å². The second-order valence-electron chi connectivity index (χ2n) is 6.45. The Kier molecular flexibility index (Phi) is 4.33. The van der Waals surface area contributed by atoms with Crippen LogP contribution in [0.1, 0.15) is 42.5 Å². The number of benzene rings is 1. The maximum atomic E-state index is 12.9. The Labute approximate surface area is 136 Å². The van der Waals surface area contributed by atoms with Crippen molar-refractivity contribution in [2.24, 2.45) is 5.41 Å². The monoisotopic (exact) mass is 323 g/mol. The zero-order valence-electron chi connectivity index (χ0n) is 12.8. The molecule has 3 rings (SSSR count). The van der Waals surface area contributed by atoms with Crippen LogP contribution >= 0.6 is 11.6 Å². The molecule has 2 atom stereocenters. The van der Waals surface area contributed by atoms with E-state index in [4.69, 9.17) is 16.3 Å². The maximum absolute atomic E-state index is 12.9. The number of hydrogen-bond acceptors (Lipinski definition) is 3. The van der Waals surface area contributed by atoms with Gasteiger partial charge in [-0.15, -0.1) is 0 Å². The predicted molar refractivity (Wildman–Crippen MR) is 85.4 cm³/mol. The van der Waals surface area contributed by atoms with E-state index < -0.39 is 0 Å². The third kappa shape index (κ3) is 2.70. The molecule has 1 heterocycles. The number of piperidine rings is 1. The number of methoxy groups -OCH3 is 1. The minimum Gasteiger partial charge on any atom is -0.496 e. The van der Waals surface area contributed by atoms with Crippen LogP contribution < -0.4 is 4.74 Å². The van der Waals surface area contributed by atoms with Crippen LogP contribution in [0.3, 0.4) is 0 Å². The molecule has 1 aromatic rings. The second-order valence-corrected chi connectivity index (χ2v) is 6.88. The minimum atomic E-state index is -0.288. The Hall–Kier alpha value is -1.26. The zero-order valence-corrected chi connectivity index (χ0v) is 13.6. The number of aliphatic hydroxyl groups is 1. The number of nitrogens with zero attached hydrogens (tertiary/aromatic N) is 1. The Bertz CT molecular complexity index is 577. The number of hydrogen-bond donors (Lipinski definition) is 1. The first-order chi connectivity index (χ1) is 10.6. The van der Waals surface area contributed by atoms with Gasteiger partial charge in [0.25, 0.3) is 5.91 Å². The van der Waals surface area contributed by atoms with Crippen molar-refractivity contribution < 1.29 is 14.6 Å². The van der Waals surface area contributed by atoms with Crippen molar-refractivity contribution in [1.29, 1.82) is 0 Å². The van der Waals surface area contributed by atoms with Crippen molar-refractivity contribution in [3.8, 4) is 5.75 Å². The number of likely N-dealkylation sites (tertiary alicyclic amines) is 1. The number of rotatable bonds is 2. The van der Waals surface area contributed by atoms with Crippen LogP contribution in [0.15, 0.2) is 18.2 Å². The average molecular weight is 324 g/mol. The first kappa shape index (κ1) is 15.6. The SMILES string of the molecule is COc1ccc(Cl)cc1C(=O)N1CCC[C@]2(CCC[C@H]2O)C1. The first-order valence-corrected chi connectivity index (χ1v) is 8.24. The van der Waals surface area contributed by atoms with Gasteiger partial charge in [-0.1, -0.05) is 18.0 Å². The molecule has 4 nitrogen and oxygen atoms in total. The third-order valence-corrected chi connectivity index (χ3v) is 5.38. The molecule has 1 aliphatic carbocycles. The highest BCUT2D eigenvalue weighted by atomic mass is 35.5. The summed E-state index contributed by atoms with van der Waals surface area (Å²) in [6.45, 7) is 1.35. The molecule has 1 N–H and O–H groups in total. The zero-order chi connectivity index (χ0) is 15.7. The summed E-state index contributed by atoms with van der Waals surface area (Å²) >= 11 is 6.03. The van der Waals surface area contributed by atoms with Crippen molar-refractivity contribution in [2.45, 2.75) is 38.2 Å². The average Bonchev–Trinajstić information content (AvgIpc) is 2.87. The number of carbonyl (C=O) groups excluding carboxylic acids is 1. The highest BCUT2D eigenvalue weighted by Gasteiger charge is 2.45. The largest absolute Gasteiger partial charge is 0.496 e. The summed E-state index contributed by atoms with van der Waals surface area (Å²) in [6, 6.07) is 5.10. The lowest BCUT2D eigenvalue weighted by atomic mass is 9.76. The Morgan fingerprint density at radius 1 is 1.41 bits per heavy atom. The minimum absolute atomic E-state index is 0.0578. The van der Waals surface area contributed by atoms with Gasteiger partial charge >= 0.3 is 0 Å². The van der Waals surface area contributed by atoms with Gasteiger partial charge in [-0.2, -0.15) is 0 Å². The van der Waals surface area contributed by atoms with E-state index in [1.54, 1.807) is 25.3 Å². The lowest BCUT2D eigenvalue weighted by Crippen LogP contribution is -2.49. The van der Waals surface area contributed by atoms with Gasteiger partial charge in [0.15, 0.2) is 0 Å². The molecule has 0 aromatic heterocycles. The molecule has 1 saturated heterocycles. The molecular formula is C17H22ClNO3. The lowest BCUT2D eigenvalue weighted by molar-refractivity contribution is -0.00544. The highest BCUT2D eigenvalue weighted by Crippen LogP contribution is 2.45. The van der Waals surface area contributed by atoms with Crippen LogP contribution in [-0.2, 0) is 0 Å². The van der Waals surface area contributed by atoms with Gasteiger partial charge in [0, 0.05) is 23.5 Å². The van der Waals surface area contributed by atoms with E-state index in [2.05, 4.69) is 0 Å². The molecule has 0 radical (unpaired) electrons. The van der Waals surface area contributed by atoms with Crippen molar-refractivity contribution in [3.63, 3.8) is 0 Å². The summed E-state index contributed by atoms with van der Waals surface area (Å²) in [5.74, 6) is 0.485. The summed E-state index contributed by atoms with van der Waals surface area (Å²) < 4.78 is 5.29. The molecule has 5 heteroatoms. The second kappa shape index (κ2) is 6.09. The molecular weight excluding hydrogens is 302 g/mol. The van der Waals surface area contributed by atoms with Crippen LogP contribution in [0.2, 0.25) is 5.02 Å². The number of carbonyl (C=O) groups is 1. The van der Waals surface area contributed by atoms with Gasteiger partial charge in [0.2, 0.25) is 0 Å². The fourth-order valence-electron chi connectivity index (χ4n) is 3.95. The summed E-state index contributed by atoms with van der Waals surface area (Å²) in [5, 5.41) is 10.9. The molecule has 2 fully saturated rings. The molecule has 1 spiro atoms. The van der Waals surface area contributed by atoms with Crippen LogP contribution in [0.4, 0.5) is 0 Å². The van der Waals surface area contributed by atoms with E-state index in [0.717, 1.165) is 38.6 Å². The van der Waals surface area contributed by atoms with E-state index >= 15 is 0 Å². The van der Waals surface area contributed by atoms with Gasteiger partial charge in [-0.25, -0.2) is 0 Å². The van der Waals surface area contributed by atoms with Crippen LogP contribution in [0.5, 0.6) is 5.75 Å². The quantitative estimate of drug-likeness (QED) is 0.909. The summed E-state index contributed by atoms with van der Waals surface area (Å²) in [7, 11) is 1.55.